The van der Waals surface area contributed by atoms with Crippen LogP contribution in [0.25, 0.3) is 0 Å². The van der Waals surface area contributed by atoms with Gasteiger partial charge in [-0.2, -0.15) is 11.8 Å². The Kier molecular flexibility index (Phi) is 10.3. The van der Waals surface area contributed by atoms with Gasteiger partial charge in [-0.15, -0.1) is 5.10 Å². The van der Waals surface area contributed by atoms with E-state index >= 15 is 0 Å². The molecule has 5 rings (SSSR count). The molecule has 0 radical (unpaired) electrons. The highest BCUT2D eigenvalue weighted by Crippen LogP contribution is 2.39. The van der Waals surface area contributed by atoms with E-state index in [0.717, 1.165) is 32.1 Å². The molecule has 6 N–H and O–H groups in total. The lowest BCUT2D eigenvalue weighted by molar-refractivity contribution is -0.145. The largest absolute Gasteiger partial charge is 0.384 e. The van der Waals surface area contributed by atoms with Crippen LogP contribution in [0.2, 0.25) is 0 Å². The molecule has 0 aromatic carbocycles. The normalized spacial score (nSPS) is 22.4. The number of likely N-dealkylation sites (tertiary alicyclic amines) is 1. The van der Waals surface area contributed by atoms with Crippen molar-refractivity contribution < 1.29 is 29.1 Å². The van der Waals surface area contributed by atoms with Gasteiger partial charge in [0.1, 0.15) is 22.9 Å². The molecule has 3 aliphatic rings. The molecule has 0 unspecified atom stereocenters. The number of nitrogens with one attached hydrogen (secondary N) is 1. The van der Waals surface area contributed by atoms with E-state index < -0.39 is 52.6 Å². The molecule has 0 spiro atoms. The summed E-state index contributed by atoms with van der Waals surface area (Å²) in [6.07, 6.45) is 8.97. The standard InChI is InChI=1S/C32H44N8O6S/c1-31(2,46)24-17-36-38-40(24)20-16-23(29(44)37-32(26(41)28(34)43)10-13-47-14-11-32)39(18-20)30(45)22(15-19-7-4-3-5-8-19)21-9-6-12-35-25(21)27(33)42/h6,9,12,17,19-20,22-23,46H,3-5,7-8,10-11,13-16,18H2,1-2H3,(H2,33,42)(H2,34,43)(H,37,44)/t20-,22+,23-/m0/s1. The van der Waals surface area contributed by atoms with Gasteiger partial charge in [-0.05, 0) is 62.2 Å². The first-order valence-electron chi connectivity index (χ1n) is 16.2. The third-order valence-electron chi connectivity index (χ3n) is 9.82. The predicted molar refractivity (Wildman–Crippen MR) is 173 cm³/mol. The number of hydrogen-bond donors (Lipinski definition) is 4. The highest BCUT2D eigenvalue weighted by Gasteiger charge is 2.49. The minimum absolute atomic E-state index is 0.00436. The van der Waals surface area contributed by atoms with E-state index in [-0.39, 0.29) is 43.3 Å². The third-order valence-corrected chi connectivity index (χ3v) is 10.8. The Morgan fingerprint density at radius 1 is 1.13 bits per heavy atom. The van der Waals surface area contributed by atoms with Crippen LogP contribution in [-0.2, 0) is 24.8 Å². The van der Waals surface area contributed by atoms with Crippen LogP contribution < -0.4 is 16.8 Å². The first-order valence-corrected chi connectivity index (χ1v) is 17.4. The first-order chi connectivity index (χ1) is 22.3. The molecule has 0 bridgehead atoms. The maximum Gasteiger partial charge on any atom is 0.287 e. The Hall–Kier alpha value is -3.85. The van der Waals surface area contributed by atoms with Crippen LogP contribution >= 0.6 is 11.8 Å². The maximum absolute atomic E-state index is 14.8. The van der Waals surface area contributed by atoms with Gasteiger partial charge in [0.15, 0.2) is 0 Å². The number of aromatic nitrogens is 4. The van der Waals surface area contributed by atoms with E-state index in [2.05, 4.69) is 20.6 Å². The topological polar surface area (TPSA) is 216 Å². The molecule has 1 saturated carbocycles. The van der Waals surface area contributed by atoms with E-state index in [1.54, 1.807) is 37.7 Å². The summed E-state index contributed by atoms with van der Waals surface area (Å²) in [5.41, 5.74) is 9.18. The lowest BCUT2D eigenvalue weighted by Gasteiger charge is -2.37. The minimum Gasteiger partial charge on any atom is -0.384 e. The maximum atomic E-state index is 14.8. The fraction of sp³-hybridized carbons (Fsp3) is 0.625. The summed E-state index contributed by atoms with van der Waals surface area (Å²) >= 11 is 1.61. The Balaban J connectivity index is 1.55. The number of rotatable bonds is 11. The Labute approximate surface area is 277 Å². The smallest absolute Gasteiger partial charge is 0.287 e. The van der Waals surface area contributed by atoms with Gasteiger partial charge in [0.05, 0.1) is 23.9 Å². The fourth-order valence-corrected chi connectivity index (χ4v) is 8.53. The first kappa shape index (κ1) is 34.5. The van der Waals surface area contributed by atoms with Crippen molar-refractivity contribution in [2.45, 2.75) is 101 Å². The van der Waals surface area contributed by atoms with Crippen LogP contribution in [0.15, 0.2) is 24.5 Å². The lowest BCUT2D eigenvalue weighted by Crippen LogP contribution is -2.62. The number of hydrogen-bond acceptors (Lipinski definition) is 10. The van der Waals surface area contributed by atoms with Crippen molar-refractivity contribution in [3.05, 3.63) is 41.5 Å². The molecule has 4 heterocycles. The minimum atomic E-state index is -1.48. The van der Waals surface area contributed by atoms with Crippen molar-refractivity contribution in [3.63, 3.8) is 0 Å². The van der Waals surface area contributed by atoms with Crippen molar-refractivity contribution in [1.82, 2.24) is 30.2 Å². The monoisotopic (exact) mass is 668 g/mol. The summed E-state index contributed by atoms with van der Waals surface area (Å²) in [7, 11) is 0. The van der Waals surface area contributed by atoms with Crippen LogP contribution in [0, 0.1) is 5.92 Å². The summed E-state index contributed by atoms with van der Waals surface area (Å²) < 4.78 is 1.53. The van der Waals surface area contributed by atoms with E-state index in [0.29, 0.717) is 29.2 Å². The summed E-state index contributed by atoms with van der Waals surface area (Å²) in [6, 6.07) is 1.72. The number of thioether (sulfide) groups is 1. The number of pyridine rings is 1. The second kappa shape index (κ2) is 14.1. The number of nitrogens with two attached hydrogens (primary N) is 2. The number of carbonyl (C=O) groups is 5. The summed E-state index contributed by atoms with van der Waals surface area (Å²) in [6.45, 7) is 3.24. The van der Waals surface area contributed by atoms with Gasteiger partial charge >= 0.3 is 0 Å². The number of aliphatic hydroxyl groups is 1. The van der Waals surface area contributed by atoms with Gasteiger partial charge in [-0.1, -0.05) is 43.4 Å². The summed E-state index contributed by atoms with van der Waals surface area (Å²) in [4.78, 5) is 72.6. The van der Waals surface area contributed by atoms with Gasteiger partial charge < -0.3 is 26.8 Å². The van der Waals surface area contributed by atoms with Gasteiger partial charge in [-0.3, -0.25) is 29.0 Å². The zero-order chi connectivity index (χ0) is 33.9. The van der Waals surface area contributed by atoms with Crippen molar-refractivity contribution in [3.8, 4) is 0 Å². The van der Waals surface area contributed by atoms with Crippen molar-refractivity contribution in [1.29, 1.82) is 0 Å². The lowest BCUT2D eigenvalue weighted by atomic mass is 9.79. The molecule has 2 aliphatic heterocycles. The van der Waals surface area contributed by atoms with Crippen molar-refractivity contribution >= 4 is 41.2 Å². The highest BCUT2D eigenvalue weighted by atomic mass is 32.2. The van der Waals surface area contributed by atoms with Crippen LogP contribution in [0.3, 0.4) is 0 Å². The number of carbonyl (C=O) groups excluding carboxylic acids is 5. The van der Waals surface area contributed by atoms with Crippen LogP contribution in [0.5, 0.6) is 0 Å². The molecule has 47 heavy (non-hydrogen) atoms. The molecule has 14 nitrogen and oxygen atoms in total. The molecule has 4 amide bonds. The molecule has 3 fully saturated rings. The predicted octanol–water partition coefficient (Wildman–Crippen LogP) is 1.33. The Morgan fingerprint density at radius 2 is 1.83 bits per heavy atom. The summed E-state index contributed by atoms with van der Waals surface area (Å²) in [5.74, 6) is -3.23. The van der Waals surface area contributed by atoms with Crippen molar-refractivity contribution in [2.24, 2.45) is 17.4 Å². The van der Waals surface area contributed by atoms with E-state index in [4.69, 9.17) is 11.5 Å². The SMILES string of the molecule is CC(C)(O)c1cnnn1[C@H]1C[C@@H](C(=O)NC2(C(=O)C(N)=O)CCSCC2)N(C(=O)[C@H](CC2CCCCC2)c2cccnc2C(N)=O)C1. The Bertz CT molecular complexity index is 1510. The number of ketones is 1. The average molecular weight is 669 g/mol. The molecule has 254 valence electrons. The zero-order valence-corrected chi connectivity index (χ0v) is 27.7. The molecule has 2 aromatic heterocycles. The number of amides is 4. The van der Waals surface area contributed by atoms with Crippen molar-refractivity contribution in [2.75, 3.05) is 18.1 Å². The number of nitrogens with zero attached hydrogens (tertiary/aromatic N) is 5. The van der Waals surface area contributed by atoms with Crippen LogP contribution in [0.4, 0.5) is 0 Å². The third kappa shape index (κ3) is 7.35. The van der Waals surface area contributed by atoms with Crippen LogP contribution in [-0.4, -0.2) is 89.0 Å². The number of primary amides is 2. The van der Waals surface area contributed by atoms with Gasteiger partial charge in [0.25, 0.3) is 11.8 Å². The molecule has 2 aromatic rings. The highest BCUT2D eigenvalue weighted by molar-refractivity contribution is 7.99. The van der Waals surface area contributed by atoms with Gasteiger partial charge in [0, 0.05) is 19.2 Å². The van der Waals surface area contributed by atoms with Crippen LogP contribution in [0.1, 0.15) is 105 Å². The second-order valence-corrected chi connectivity index (χ2v) is 14.7. The molecule has 2 saturated heterocycles. The summed E-state index contributed by atoms with van der Waals surface area (Å²) in [5, 5.41) is 21.9. The number of Topliss-reactive ketones (excluding diaryl/α,β-unsaturated/α-hetero) is 1. The molecule has 15 heteroatoms. The molecule has 1 aliphatic carbocycles. The fourth-order valence-electron chi connectivity index (χ4n) is 7.34. The van der Waals surface area contributed by atoms with E-state index in [1.165, 1.54) is 22.0 Å². The zero-order valence-electron chi connectivity index (χ0n) is 26.9. The molecular weight excluding hydrogens is 624 g/mol. The average Bonchev–Trinajstić information content (AvgIpc) is 3.72. The Morgan fingerprint density at radius 3 is 2.47 bits per heavy atom. The molecule has 3 atom stereocenters. The van der Waals surface area contributed by atoms with Gasteiger partial charge in [0.2, 0.25) is 17.6 Å². The van der Waals surface area contributed by atoms with E-state index in [1.807, 2.05) is 0 Å². The van der Waals surface area contributed by atoms with E-state index in [9.17, 15) is 29.1 Å². The van der Waals surface area contributed by atoms with Gasteiger partial charge in [-0.25, -0.2) is 4.68 Å². The molecular formula is C32H44N8O6S. The quantitative estimate of drug-likeness (QED) is 0.252. The second-order valence-electron chi connectivity index (χ2n) is 13.5.